The number of piperidine rings is 1. The van der Waals surface area contributed by atoms with Gasteiger partial charge in [-0.05, 0) is 36.9 Å². The highest BCUT2D eigenvalue weighted by Crippen LogP contribution is 2.28. The van der Waals surface area contributed by atoms with E-state index in [-0.39, 0.29) is 29.7 Å². The van der Waals surface area contributed by atoms with E-state index >= 15 is 0 Å². The fourth-order valence-electron chi connectivity index (χ4n) is 2.72. The Bertz CT molecular complexity index is 431. The predicted molar refractivity (Wildman–Crippen MR) is 85.2 cm³/mol. The molecule has 2 N–H and O–H groups in total. The Morgan fingerprint density at radius 2 is 2.15 bits per heavy atom. The third kappa shape index (κ3) is 4.08. The molecule has 1 aliphatic heterocycles. The molecule has 2 nitrogen and oxygen atoms in total. The van der Waals surface area contributed by atoms with Gasteiger partial charge >= 0.3 is 0 Å². The summed E-state index contributed by atoms with van der Waals surface area (Å²) < 4.78 is 13.7. The second-order valence-electron chi connectivity index (χ2n) is 6.11. The van der Waals surface area contributed by atoms with Gasteiger partial charge in [-0.15, -0.1) is 12.4 Å². The van der Waals surface area contributed by atoms with Crippen molar-refractivity contribution in [2.75, 3.05) is 19.6 Å². The van der Waals surface area contributed by atoms with Gasteiger partial charge in [0.1, 0.15) is 5.82 Å². The van der Waals surface area contributed by atoms with Crippen LogP contribution in [0.1, 0.15) is 25.8 Å². The molecule has 0 saturated carbocycles. The molecule has 1 atom stereocenters. The van der Waals surface area contributed by atoms with E-state index in [2.05, 4.69) is 18.7 Å². The van der Waals surface area contributed by atoms with Crippen molar-refractivity contribution in [3.05, 3.63) is 34.6 Å². The number of nitrogens with two attached hydrogens (primary N) is 1. The third-order valence-corrected chi connectivity index (χ3v) is 4.49. The second kappa shape index (κ2) is 7.08. The number of nitrogens with zero attached hydrogens (tertiary/aromatic N) is 1. The molecular weight excluding hydrogens is 298 g/mol. The maximum absolute atomic E-state index is 13.7. The van der Waals surface area contributed by atoms with Crippen LogP contribution in [0.4, 0.5) is 4.39 Å². The minimum Gasteiger partial charge on any atom is -0.327 e. The largest absolute Gasteiger partial charge is 0.327 e. The number of likely N-dealkylation sites (tertiary alicyclic amines) is 1. The maximum atomic E-state index is 13.7. The van der Waals surface area contributed by atoms with Gasteiger partial charge in [0, 0.05) is 29.7 Å². The highest BCUT2D eigenvalue weighted by atomic mass is 35.5. The average Bonchev–Trinajstić information content (AvgIpc) is 2.33. The molecule has 0 spiro atoms. The summed E-state index contributed by atoms with van der Waals surface area (Å²) in [4.78, 5) is 2.35. The Kier molecular flexibility index (Phi) is 6.26. The highest BCUT2D eigenvalue weighted by molar-refractivity contribution is 6.31. The van der Waals surface area contributed by atoms with Crippen molar-refractivity contribution >= 4 is 24.0 Å². The molecule has 0 aromatic heterocycles. The lowest BCUT2D eigenvalue weighted by Gasteiger charge is -2.42. The zero-order chi connectivity index (χ0) is 14.0. The van der Waals surface area contributed by atoms with Crippen molar-refractivity contribution in [3.63, 3.8) is 0 Å². The van der Waals surface area contributed by atoms with Crippen LogP contribution in [0.25, 0.3) is 0 Å². The Balaban J connectivity index is 0.00000200. The summed E-state index contributed by atoms with van der Waals surface area (Å²) in [5, 5.41) is 0.521. The second-order valence-corrected chi connectivity index (χ2v) is 6.52. The number of rotatable bonds is 3. The lowest BCUT2D eigenvalue weighted by Crippen LogP contribution is -2.52. The fraction of sp³-hybridized carbons (Fsp3) is 0.600. The minimum absolute atomic E-state index is 0. The third-order valence-electron chi connectivity index (χ3n) is 4.13. The molecule has 1 saturated heterocycles. The van der Waals surface area contributed by atoms with Gasteiger partial charge < -0.3 is 10.6 Å². The topological polar surface area (TPSA) is 29.3 Å². The first-order valence-corrected chi connectivity index (χ1v) is 7.19. The standard InChI is InChI=1S/C15H22ClFN2.ClH/c1-15(2)10-19(9-7-14(15)18)8-6-11-12(16)4-3-5-13(11)17;/h3-5,14H,6-10,18H2,1-2H3;1H. The molecule has 1 aromatic carbocycles. The van der Waals surface area contributed by atoms with Crippen molar-refractivity contribution in [2.24, 2.45) is 11.1 Å². The molecule has 0 bridgehead atoms. The van der Waals surface area contributed by atoms with Crippen molar-refractivity contribution in [1.29, 1.82) is 0 Å². The molecule has 1 unspecified atom stereocenters. The predicted octanol–water partition coefficient (Wildman–Crippen LogP) is 3.50. The fourth-order valence-corrected chi connectivity index (χ4v) is 2.97. The molecule has 0 radical (unpaired) electrons. The summed E-state index contributed by atoms with van der Waals surface area (Å²) in [5.74, 6) is -0.208. The Labute approximate surface area is 131 Å². The van der Waals surface area contributed by atoms with Crippen LogP contribution in [0.3, 0.4) is 0 Å². The summed E-state index contributed by atoms with van der Waals surface area (Å²) in [6, 6.07) is 5.11. The smallest absolute Gasteiger partial charge is 0.127 e. The average molecular weight is 321 g/mol. The molecule has 5 heteroatoms. The van der Waals surface area contributed by atoms with Gasteiger partial charge in [0.2, 0.25) is 0 Å². The number of hydrogen-bond donors (Lipinski definition) is 1. The van der Waals surface area contributed by atoms with Crippen molar-refractivity contribution in [1.82, 2.24) is 4.90 Å². The molecule has 114 valence electrons. The van der Waals surface area contributed by atoms with Gasteiger partial charge in [-0.1, -0.05) is 31.5 Å². The van der Waals surface area contributed by atoms with Gasteiger partial charge in [-0.2, -0.15) is 0 Å². The maximum Gasteiger partial charge on any atom is 0.127 e. The number of benzene rings is 1. The highest BCUT2D eigenvalue weighted by Gasteiger charge is 2.33. The Morgan fingerprint density at radius 1 is 1.45 bits per heavy atom. The van der Waals surface area contributed by atoms with E-state index in [0.717, 1.165) is 26.1 Å². The van der Waals surface area contributed by atoms with E-state index in [4.69, 9.17) is 17.3 Å². The molecule has 1 fully saturated rings. The molecule has 1 heterocycles. The van der Waals surface area contributed by atoms with Crippen LogP contribution in [-0.2, 0) is 6.42 Å². The van der Waals surface area contributed by atoms with Crippen molar-refractivity contribution in [2.45, 2.75) is 32.7 Å². The lowest BCUT2D eigenvalue weighted by molar-refractivity contribution is 0.0963. The van der Waals surface area contributed by atoms with E-state index in [0.29, 0.717) is 17.0 Å². The molecule has 2 rings (SSSR count). The SMILES string of the molecule is CC1(C)CN(CCc2c(F)cccc2Cl)CCC1N.Cl. The molecule has 20 heavy (non-hydrogen) atoms. The van der Waals surface area contributed by atoms with E-state index in [9.17, 15) is 4.39 Å². The zero-order valence-corrected chi connectivity index (χ0v) is 13.6. The van der Waals surface area contributed by atoms with Gasteiger partial charge in [0.05, 0.1) is 0 Å². The quantitative estimate of drug-likeness (QED) is 0.923. The summed E-state index contributed by atoms with van der Waals surface area (Å²) in [5.41, 5.74) is 6.87. The van der Waals surface area contributed by atoms with E-state index < -0.39 is 0 Å². The van der Waals surface area contributed by atoms with E-state index in [1.54, 1.807) is 12.1 Å². The van der Waals surface area contributed by atoms with Crippen LogP contribution in [0.5, 0.6) is 0 Å². The van der Waals surface area contributed by atoms with Gasteiger partial charge in [0.15, 0.2) is 0 Å². The van der Waals surface area contributed by atoms with Crippen LogP contribution >= 0.6 is 24.0 Å². The summed E-state index contributed by atoms with van der Waals surface area (Å²) >= 11 is 6.05. The summed E-state index contributed by atoms with van der Waals surface area (Å²) in [6.07, 6.45) is 1.65. The number of halogens is 3. The first-order valence-electron chi connectivity index (χ1n) is 6.81. The first kappa shape index (κ1) is 17.7. The van der Waals surface area contributed by atoms with Crippen molar-refractivity contribution < 1.29 is 4.39 Å². The van der Waals surface area contributed by atoms with Crippen LogP contribution in [0.15, 0.2) is 18.2 Å². The molecule has 0 aliphatic carbocycles. The summed E-state index contributed by atoms with van der Waals surface area (Å²) in [6.45, 7) is 7.16. The zero-order valence-electron chi connectivity index (χ0n) is 12.0. The molecule has 1 aliphatic rings. The Morgan fingerprint density at radius 3 is 2.75 bits per heavy atom. The lowest BCUT2D eigenvalue weighted by atomic mass is 9.79. The van der Waals surface area contributed by atoms with Crippen LogP contribution in [-0.4, -0.2) is 30.6 Å². The van der Waals surface area contributed by atoms with E-state index in [1.807, 2.05) is 0 Å². The molecule has 0 amide bonds. The van der Waals surface area contributed by atoms with Gasteiger partial charge in [0.25, 0.3) is 0 Å². The molecular formula is C15H23Cl2FN2. The van der Waals surface area contributed by atoms with Crippen LogP contribution < -0.4 is 5.73 Å². The van der Waals surface area contributed by atoms with Crippen LogP contribution in [0, 0.1) is 11.2 Å². The van der Waals surface area contributed by atoms with Crippen molar-refractivity contribution in [3.8, 4) is 0 Å². The monoisotopic (exact) mass is 320 g/mol. The van der Waals surface area contributed by atoms with Gasteiger partial charge in [-0.3, -0.25) is 0 Å². The first-order chi connectivity index (χ1) is 8.90. The number of hydrogen-bond acceptors (Lipinski definition) is 2. The van der Waals surface area contributed by atoms with E-state index in [1.165, 1.54) is 6.07 Å². The van der Waals surface area contributed by atoms with Gasteiger partial charge in [-0.25, -0.2) is 4.39 Å². The minimum atomic E-state index is -0.208. The normalized spacial score (nSPS) is 22.4. The summed E-state index contributed by atoms with van der Waals surface area (Å²) in [7, 11) is 0. The molecule has 1 aromatic rings. The Hall–Kier alpha value is -0.350. The van der Waals surface area contributed by atoms with Crippen LogP contribution in [0.2, 0.25) is 5.02 Å².